The average molecular weight is 779 g/mol. The van der Waals surface area contributed by atoms with Crippen molar-refractivity contribution in [1.82, 2.24) is 0 Å². The molecule has 2 atom stereocenters. The van der Waals surface area contributed by atoms with Crippen LogP contribution in [0.5, 0.6) is 0 Å². The molecule has 0 fully saturated rings. The zero-order chi connectivity index (χ0) is 34.7. The van der Waals surface area contributed by atoms with Crippen LogP contribution in [0, 0.1) is 0 Å². The highest BCUT2D eigenvalue weighted by atomic mass is 32.3. The second-order valence-corrected chi connectivity index (χ2v) is 20.0. The number of carbonyl (C=O) groups excluding carboxylic acids is 1. The summed E-state index contributed by atoms with van der Waals surface area (Å²) in [5, 5.41) is 1.92. The number of unbranched alkanes of at least 4 members (excludes halogenated alkanes) is 18. The first kappa shape index (κ1) is 44.9. The normalized spacial score (nSPS) is 16.2. The molecule has 2 rings (SSSR count). The summed E-state index contributed by atoms with van der Waals surface area (Å²) in [6.07, 6.45) is 27.4. The van der Waals surface area contributed by atoms with E-state index in [-0.39, 0.29) is 18.2 Å². The summed E-state index contributed by atoms with van der Waals surface area (Å²) < 4.78 is 22.6. The van der Waals surface area contributed by atoms with Crippen molar-refractivity contribution in [2.24, 2.45) is 0 Å². The summed E-state index contributed by atoms with van der Waals surface area (Å²) in [5.41, 5.74) is 0. The molecule has 0 saturated heterocycles. The summed E-state index contributed by atoms with van der Waals surface area (Å²) in [7, 11) is 1.45. The third-order valence-corrected chi connectivity index (χ3v) is 17.1. The Hall–Kier alpha value is 0.710. The molecule has 0 aromatic rings. The molecule has 10 heteroatoms. The molecule has 0 unspecified atom stereocenters. The lowest BCUT2D eigenvalue weighted by Gasteiger charge is -2.15. The van der Waals surface area contributed by atoms with E-state index in [0.29, 0.717) is 4.91 Å². The molecule has 0 aliphatic carbocycles. The maximum atomic E-state index is 12.1. The van der Waals surface area contributed by atoms with Gasteiger partial charge in [0.1, 0.15) is 4.91 Å². The van der Waals surface area contributed by atoms with Crippen LogP contribution in [0.25, 0.3) is 0 Å². The predicted octanol–water partition coefficient (Wildman–Crippen LogP) is 14.3. The molecule has 2 aliphatic rings. The zero-order valence-electron chi connectivity index (χ0n) is 30.8. The van der Waals surface area contributed by atoms with Crippen molar-refractivity contribution >= 4 is 76.5 Å². The van der Waals surface area contributed by atoms with E-state index in [1.807, 2.05) is 52.5 Å². The van der Waals surface area contributed by atoms with Crippen LogP contribution in [0.1, 0.15) is 156 Å². The van der Waals surface area contributed by atoms with Gasteiger partial charge in [0.05, 0.1) is 36.3 Å². The highest BCUT2D eigenvalue weighted by molar-refractivity contribution is 8.42. The maximum Gasteiger partial charge on any atom is 0.345 e. The zero-order valence-corrected chi connectivity index (χ0v) is 35.7. The van der Waals surface area contributed by atoms with Gasteiger partial charge in [-0.2, -0.15) is 0 Å². The Labute approximate surface area is 320 Å². The molecule has 278 valence electrons. The van der Waals surface area contributed by atoms with Crippen LogP contribution in [0.2, 0.25) is 0 Å². The Morgan fingerprint density at radius 2 is 1.00 bits per heavy atom. The minimum Gasteiger partial charge on any atom is -0.465 e. The Bertz CT molecular complexity index is 903. The fourth-order valence-electron chi connectivity index (χ4n) is 5.30. The molecule has 0 aromatic carbocycles. The lowest BCUT2D eigenvalue weighted by Crippen LogP contribution is -2.12. The molecule has 4 nitrogen and oxygen atoms in total. The van der Waals surface area contributed by atoms with Gasteiger partial charge < -0.3 is 14.2 Å². The molecule has 2 aliphatic heterocycles. The van der Waals surface area contributed by atoms with Gasteiger partial charge in [0, 0.05) is 24.7 Å². The third-order valence-electron chi connectivity index (χ3n) is 8.27. The quantitative estimate of drug-likeness (QED) is 0.0502. The van der Waals surface area contributed by atoms with Gasteiger partial charge >= 0.3 is 5.97 Å². The first-order valence-corrected chi connectivity index (χ1v) is 24.2. The van der Waals surface area contributed by atoms with E-state index in [1.54, 1.807) is 11.8 Å². The second-order valence-electron chi connectivity index (χ2n) is 12.9. The van der Waals surface area contributed by atoms with E-state index < -0.39 is 0 Å². The Morgan fingerprint density at radius 1 is 0.604 bits per heavy atom. The number of esters is 1. The topological polar surface area (TPSA) is 44.8 Å². The van der Waals surface area contributed by atoms with Crippen molar-refractivity contribution < 1.29 is 19.0 Å². The van der Waals surface area contributed by atoms with Gasteiger partial charge in [-0.25, -0.2) is 4.79 Å². The largest absolute Gasteiger partial charge is 0.465 e. The van der Waals surface area contributed by atoms with Crippen molar-refractivity contribution in [1.29, 1.82) is 0 Å². The van der Waals surface area contributed by atoms with Crippen molar-refractivity contribution in [3.63, 3.8) is 0 Å². The maximum absolute atomic E-state index is 12.1. The summed E-state index contributed by atoms with van der Waals surface area (Å²) in [4.78, 5) is 12.8. The number of hydrogen-bond acceptors (Lipinski definition) is 10. The number of carbonyl (C=O) groups is 1. The lowest BCUT2D eigenvalue weighted by molar-refractivity contribution is -0.135. The first-order chi connectivity index (χ1) is 23.5. The Morgan fingerprint density at radius 3 is 1.40 bits per heavy atom. The van der Waals surface area contributed by atoms with E-state index in [1.165, 1.54) is 151 Å². The van der Waals surface area contributed by atoms with Gasteiger partial charge in [0.2, 0.25) is 0 Å². The van der Waals surface area contributed by atoms with E-state index in [9.17, 15) is 4.79 Å². The first-order valence-electron chi connectivity index (χ1n) is 18.9. The SMILES string of the molecule is CCCCCCCCCCCCO[C@@H](C)CSC1=C(SC[C@H](C)OCCCCCCCCCCCC)SC(=C2SC=C(C(=O)OC)S2)S1. The number of ether oxygens (including phenoxy) is 3. The third kappa shape index (κ3) is 21.3. The van der Waals surface area contributed by atoms with Gasteiger partial charge in [-0.3, -0.25) is 0 Å². The summed E-state index contributed by atoms with van der Waals surface area (Å²) >= 11 is 10.7. The lowest BCUT2D eigenvalue weighted by atomic mass is 10.1. The molecule has 0 saturated carbocycles. The molecule has 0 amide bonds. The minimum atomic E-state index is -0.255. The number of thioether (sulfide) groups is 6. The van der Waals surface area contributed by atoms with Gasteiger partial charge in [0.15, 0.2) is 0 Å². The van der Waals surface area contributed by atoms with Gasteiger partial charge in [-0.15, -0.1) is 23.5 Å². The van der Waals surface area contributed by atoms with Gasteiger partial charge in [0.25, 0.3) is 0 Å². The van der Waals surface area contributed by atoms with Crippen LogP contribution in [-0.2, 0) is 19.0 Å². The molecule has 48 heavy (non-hydrogen) atoms. The number of methoxy groups -OCH3 is 1. The van der Waals surface area contributed by atoms with Crippen LogP contribution in [0.4, 0.5) is 0 Å². The van der Waals surface area contributed by atoms with Crippen LogP contribution in [0.15, 0.2) is 27.3 Å². The standard InChI is InChI=1S/C38H66O4S6/c1-6-8-10-12-14-16-18-20-22-24-26-41-31(3)28-43-35-36(48-38(47-35)37-45-30-33(46-37)34(39)40-5)44-29-32(4)42-27-25-23-21-19-17-15-13-11-9-7-2/h30-32H,6-29H2,1-5H3/t31-,32-/m0/s1. The molecule has 0 radical (unpaired) electrons. The molecule has 2 heterocycles. The summed E-state index contributed by atoms with van der Waals surface area (Å²) in [5.74, 6) is 1.64. The van der Waals surface area contributed by atoms with Crippen LogP contribution in [0.3, 0.4) is 0 Å². The predicted molar refractivity (Wildman–Crippen MR) is 224 cm³/mol. The fraction of sp³-hybridized carbons (Fsp3) is 0.816. The molecule has 0 aromatic heterocycles. The van der Waals surface area contributed by atoms with Crippen LogP contribution >= 0.6 is 70.6 Å². The molecule has 0 N–H and O–H groups in total. The number of rotatable bonds is 31. The molecular weight excluding hydrogens is 713 g/mol. The summed E-state index contributed by atoms with van der Waals surface area (Å²) in [6, 6.07) is 0. The van der Waals surface area contributed by atoms with Gasteiger partial charge in [-0.05, 0) is 32.1 Å². The Balaban J connectivity index is 1.71. The van der Waals surface area contributed by atoms with E-state index in [4.69, 9.17) is 14.2 Å². The summed E-state index contributed by atoms with van der Waals surface area (Å²) in [6.45, 7) is 10.7. The minimum absolute atomic E-state index is 0.223. The molecule has 0 bridgehead atoms. The monoisotopic (exact) mass is 778 g/mol. The number of hydrogen-bond donors (Lipinski definition) is 0. The van der Waals surface area contributed by atoms with E-state index >= 15 is 0 Å². The van der Waals surface area contributed by atoms with E-state index in [2.05, 4.69) is 27.7 Å². The van der Waals surface area contributed by atoms with Crippen LogP contribution in [-0.4, -0.2) is 50.0 Å². The smallest absolute Gasteiger partial charge is 0.345 e. The van der Waals surface area contributed by atoms with Crippen molar-refractivity contribution in [3.8, 4) is 0 Å². The molecular formula is C38H66O4S6. The van der Waals surface area contributed by atoms with Gasteiger partial charge in [-0.1, -0.05) is 176 Å². The highest BCUT2D eigenvalue weighted by Crippen LogP contribution is 2.62. The molecule has 0 spiro atoms. The van der Waals surface area contributed by atoms with Crippen LogP contribution < -0.4 is 0 Å². The van der Waals surface area contributed by atoms with Crippen molar-refractivity contribution in [2.45, 2.75) is 168 Å². The average Bonchev–Trinajstić information content (AvgIpc) is 3.75. The second kappa shape index (κ2) is 30.2. The highest BCUT2D eigenvalue weighted by Gasteiger charge is 2.30. The van der Waals surface area contributed by atoms with Crippen molar-refractivity contribution in [2.75, 3.05) is 31.8 Å². The van der Waals surface area contributed by atoms with Crippen molar-refractivity contribution in [3.05, 3.63) is 27.3 Å². The fourth-order valence-corrected chi connectivity index (χ4v) is 13.6. The van der Waals surface area contributed by atoms with E-state index in [0.717, 1.165) is 37.6 Å². The Kier molecular flexibility index (Phi) is 28.2.